The van der Waals surface area contributed by atoms with E-state index in [1.807, 2.05) is 66.5 Å². The predicted octanol–water partition coefficient (Wildman–Crippen LogP) is 3.80. The molecule has 4 aromatic carbocycles. The average molecular weight is 435 g/mol. The van der Waals surface area contributed by atoms with Crippen molar-refractivity contribution in [1.29, 1.82) is 0 Å². The van der Waals surface area contributed by atoms with Crippen LogP contribution in [0.4, 0.5) is 0 Å². The molecular formula is C28H24N2OP+. The summed E-state index contributed by atoms with van der Waals surface area (Å²) >= 11 is 0. The molecule has 1 aromatic heterocycles. The highest BCUT2D eigenvalue weighted by molar-refractivity contribution is 8.01. The lowest BCUT2D eigenvalue weighted by molar-refractivity contribution is 0.646. The van der Waals surface area contributed by atoms with Crippen LogP contribution in [0.1, 0.15) is 0 Å². The van der Waals surface area contributed by atoms with Gasteiger partial charge < -0.3 is 0 Å². The monoisotopic (exact) mass is 435 g/mol. The van der Waals surface area contributed by atoms with Crippen molar-refractivity contribution < 1.29 is 0 Å². The zero-order chi connectivity index (χ0) is 22.0. The molecule has 0 aliphatic carbocycles. The van der Waals surface area contributed by atoms with Crippen molar-refractivity contribution in [3.05, 3.63) is 138 Å². The van der Waals surface area contributed by atoms with Crippen molar-refractivity contribution in [2.75, 3.05) is 0 Å². The molecule has 0 aliphatic heterocycles. The van der Waals surface area contributed by atoms with Crippen LogP contribution in [0.25, 0.3) is 5.69 Å². The quantitative estimate of drug-likeness (QED) is 0.386. The Morgan fingerprint density at radius 3 is 1.34 bits per heavy atom. The topological polar surface area (TPSA) is 26.9 Å². The van der Waals surface area contributed by atoms with Crippen molar-refractivity contribution in [2.45, 2.75) is 0 Å². The summed E-state index contributed by atoms with van der Waals surface area (Å²) in [6.45, 7) is 0. The van der Waals surface area contributed by atoms with E-state index in [1.54, 1.807) is 4.68 Å². The molecule has 1 heterocycles. The predicted molar refractivity (Wildman–Crippen MR) is 136 cm³/mol. The number of aryl methyl sites for hydroxylation is 1. The fourth-order valence-corrected chi connectivity index (χ4v) is 8.77. The summed E-state index contributed by atoms with van der Waals surface area (Å²) < 4.78 is 3.68. The van der Waals surface area contributed by atoms with Gasteiger partial charge >= 0.3 is 5.56 Å². The number of aromatic nitrogens is 2. The molecule has 156 valence electrons. The highest BCUT2D eigenvalue weighted by Gasteiger charge is 2.51. The lowest BCUT2D eigenvalue weighted by atomic mass is 10.3. The molecule has 3 nitrogen and oxygen atoms in total. The van der Waals surface area contributed by atoms with Gasteiger partial charge in [0.15, 0.2) is 12.6 Å². The van der Waals surface area contributed by atoms with Gasteiger partial charge in [-0.15, -0.1) is 0 Å². The number of hydrogen-bond donors (Lipinski definition) is 0. The van der Waals surface area contributed by atoms with Crippen LogP contribution in [-0.2, 0) is 7.05 Å². The molecule has 0 spiro atoms. The first-order chi connectivity index (χ1) is 15.7. The van der Waals surface area contributed by atoms with Crippen molar-refractivity contribution >= 4 is 28.5 Å². The summed E-state index contributed by atoms with van der Waals surface area (Å²) in [6.07, 6.45) is 2.02. The van der Waals surface area contributed by atoms with Crippen LogP contribution in [-0.4, -0.2) is 9.36 Å². The van der Waals surface area contributed by atoms with Crippen molar-refractivity contribution in [3.63, 3.8) is 0 Å². The maximum absolute atomic E-state index is 14.1. The Bertz CT molecular complexity index is 1280. The number of nitrogens with zero attached hydrogens (tertiary/aromatic N) is 2. The highest BCUT2D eigenvalue weighted by atomic mass is 31.2. The number of hydrogen-bond acceptors (Lipinski definition) is 1. The van der Waals surface area contributed by atoms with Crippen LogP contribution >= 0.6 is 7.26 Å². The van der Waals surface area contributed by atoms with Gasteiger partial charge in [-0.3, -0.25) is 9.48 Å². The maximum atomic E-state index is 14.1. The lowest BCUT2D eigenvalue weighted by Gasteiger charge is -2.25. The van der Waals surface area contributed by atoms with Crippen LogP contribution in [0, 0.1) is 0 Å². The van der Waals surface area contributed by atoms with Gasteiger partial charge in [-0.1, -0.05) is 72.8 Å². The Hall–Kier alpha value is -3.68. The molecular weight excluding hydrogens is 411 g/mol. The second-order valence-corrected chi connectivity index (χ2v) is 11.1. The molecule has 0 aliphatic rings. The molecule has 32 heavy (non-hydrogen) atoms. The molecule has 0 amide bonds. The molecule has 0 radical (unpaired) electrons. The lowest BCUT2D eigenvalue weighted by Crippen LogP contribution is -2.44. The molecule has 4 heteroatoms. The van der Waals surface area contributed by atoms with Crippen LogP contribution in [0.5, 0.6) is 0 Å². The Morgan fingerprint density at radius 1 is 0.562 bits per heavy atom. The van der Waals surface area contributed by atoms with E-state index in [4.69, 9.17) is 0 Å². The van der Waals surface area contributed by atoms with E-state index in [9.17, 15) is 4.79 Å². The van der Waals surface area contributed by atoms with E-state index in [0.717, 1.165) is 11.0 Å². The van der Waals surface area contributed by atoms with Crippen LogP contribution in [0.3, 0.4) is 0 Å². The van der Waals surface area contributed by atoms with Crippen LogP contribution in [0.2, 0.25) is 0 Å². The SMILES string of the molecule is Cn1cc([P+](c2ccccc2)(c2ccccc2)c2ccccc2)c(=O)n1-c1ccccc1. The third kappa shape index (κ3) is 3.23. The van der Waals surface area contributed by atoms with Gasteiger partial charge in [0.05, 0.1) is 11.9 Å². The Morgan fingerprint density at radius 2 is 0.938 bits per heavy atom. The van der Waals surface area contributed by atoms with Gasteiger partial charge in [0.2, 0.25) is 0 Å². The zero-order valence-corrected chi connectivity index (χ0v) is 18.8. The minimum atomic E-state index is -2.42. The molecule has 0 atom stereocenters. The maximum Gasteiger partial charge on any atom is 0.315 e. The summed E-state index contributed by atoms with van der Waals surface area (Å²) in [5.74, 6) is 0. The van der Waals surface area contributed by atoms with Crippen molar-refractivity contribution in [3.8, 4) is 5.69 Å². The second-order valence-electron chi connectivity index (χ2n) is 7.72. The summed E-state index contributed by atoms with van der Waals surface area (Å²) in [4.78, 5) is 14.1. The Kier molecular flexibility index (Phi) is 5.34. The van der Waals surface area contributed by atoms with E-state index in [2.05, 4.69) is 72.8 Å². The molecule has 5 rings (SSSR count). The summed E-state index contributed by atoms with van der Waals surface area (Å²) in [5.41, 5.74) is 0.877. The van der Waals surface area contributed by atoms with Crippen molar-refractivity contribution in [1.82, 2.24) is 9.36 Å². The van der Waals surface area contributed by atoms with E-state index in [-0.39, 0.29) is 5.56 Å². The van der Waals surface area contributed by atoms with E-state index in [1.165, 1.54) is 15.9 Å². The molecule has 0 fully saturated rings. The largest absolute Gasteiger partial charge is 0.315 e. The van der Waals surface area contributed by atoms with Crippen LogP contribution < -0.4 is 26.8 Å². The smallest absolute Gasteiger partial charge is 0.284 e. The van der Waals surface area contributed by atoms with Gasteiger partial charge in [0.1, 0.15) is 15.9 Å². The molecule has 0 saturated carbocycles. The highest BCUT2D eigenvalue weighted by Crippen LogP contribution is 2.53. The van der Waals surface area contributed by atoms with Crippen LogP contribution in [0.15, 0.2) is 132 Å². The fraction of sp³-hybridized carbons (Fsp3) is 0.0357. The summed E-state index contributed by atoms with van der Waals surface area (Å²) in [5, 5.41) is 4.33. The standard InChI is InChI=1S/C28H24N2OP/c1-29-22-27(28(31)30(29)23-14-6-2-7-15-23)32(24-16-8-3-9-17-24,25-18-10-4-11-19-25)26-20-12-5-13-21-26/h2-22H,1H3/q+1. The molecule has 0 bridgehead atoms. The minimum Gasteiger partial charge on any atom is -0.284 e. The first kappa shape index (κ1) is 20.2. The third-order valence-electron chi connectivity index (χ3n) is 5.83. The minimum absolute atomic E-state index is 0.0172. The van der Waals surface area contributed by atoms with Crippen molar-refractivity contribution in [2.24, 2.45) is 7.05 Å². The summed E-state index contributed by atoms with van der Waals surface area (Å²) in [7, 11) is -0.486. The third-order valence-corrected chi connectivity index (χ3v) is 10.1. The Balaban J connectivity index is 1.92. The van der Waals surface area contributed by atoms with Gasteiger partial charge in [0.25, 0.3) is 0 Å². The first-order valence-corrected chi connectivity index (χ1v) is 12.4. The zero-order valence-electron chi connectivity index (χ0n) is 17.9. The van der Waals surface area contributed by atoms with E-state index in [0.29, 0.717) is 0 Å². The first-order valence-electron chi connectivity index (χ1n) is 10.6. The molecule has 5 aromatic rings. The van der Waals surface area contributed by atoms with Gasteiger partial charge in [-0.05, 0) is 48.5 Å². The second kappa shape index (κ2) is 8.45. The molecule has 0 unspecified atom stereocenters. The normalized spacial score (nSPS) is 11.4. The van der Waals surface area contributed by atoms with E-state index >= 15 is 0 Å². The number of para-hydroxylation sites is 1. The number of benzene rings is 4. The summed E-state index contributed by atoms with van der Waals surface area (Å²) in [6, 6.07) is 41.3. The van der Waals surface area contributed by atoms with E-state index < -0.39 is 7.26 Å². The Labute approximate surface area is 188 Å². The average Bonchev–Trinajstić information content (AvgIpc) is 3.16. The molecule has 0 N–H and O–H groups in total. The van der Waals surface area contributed by atoms with Gasteiger partial charge in [-0.2, -0.15) is 0 Å². The molecule has 0 saturated heterocycles. The number of rotatable bonds is 5. The van der Waals surface area contributed by atoms with Gasteiger partial charge in [-0.25, -0.2) is 4.68 Å². The fourth-order valence-electron chi connectivity index (χ4n) is 4.46. The van der Waals surface area contributed by atoms with Gasteiger partial charge in [0, 0.05) is 7.05 Å².